The van der Waals surface area contributed by atoms with Crippen molar-refractivity contribution in [3.63, 3.8) is 0 Å². The number of carbonyl (C=O) groups excluding carboxylic acids is 1. The third-order valence-electron chi connectivity index (χ3n) is 4.20. The molecule has 2 aromatic carbocycles. The third kappa shape index (κ3) is 3.30. The van der Waals surface area contributed by atoms with Crippen LogP contribution in [0.25, 0.3) is 6.08 Å². The van der Waals surface area contributed by atoms with Crippen molar-refractivity contribution in [3.05, 3.63) is 76.5 Å². The van der Waals surface area contributed by atoms with Gasteiger partial charge in [-0.05, 0) is 35.1 Å². The van der Waals surface area contributed by atoms with E-state index < -0.39 is 0 Å². The molecule has 0 unspecified atom stereocenters. The van der Waals surface area contributed by atoms with Crippen LogP contribution in [0.5, 0.6) is 0 Å². The number of nitrogens with zero attached hydrogens (tertiary/aromatic N) is 1. The molecule has 0 saturated carbocycles. The Morgan fingerprint density at radius 1 is 1.00 bits per heavy atom. The van der Waals surface area contributed by atoms with Crippen LogP contribution in [0, 0.1) is 6.92 Å². The predicted molar refractivity (Wildman–Crippen MR) is 99.0 cm³/mol. The molecular weight excluding hydrogens is 296 g/mol. The van der Waals surface area contributed by atoms with Crippen molar-refractivity contribution in [2.75, 3.05) is 0 Å². The molecule has 3 nitrogen and oxygen atoms in total. The molecule has 0 aliphatic carbocycles. The first kappa shape index (κ1) is 16.2. The monoisotopic (exact) mass is 318 g/mol. The zero-order valence-electron chi connectivity index (χ0n) is 14.6. The lowest BCUT2D eigenvalue weighted by Gasteiger charge is -2.19. The normalized spacial score (nSPS) is 16.2. The van der Waals surface area contributed by atoms with Gasteiger partial charge < -0.3 is 5.32 Å². The van der Waals surface area contributed by atoms with Gasteiger partial charge in [-0.1, -0.05) is 69.3 Å². The van der Waals surface area contributed by atoms with E-state index >= 15 is 0 Å². The van der Waals surface area contributed by atoms with Crippen molar-refractivity contribution in [1.82, 2.24) is 5.32 Å². The molecule has 3 heteroatoms. The van der Waals surface area contributed by atoms with E-state index in [-0.39, 0.29) is 11.3 Å². The number of hydrogen-bond donors (Lipinski definition) is 1. The minimum atomic E-state index is -0.159. The molecule has 0 spiro atoms. The van der Waals surface area contributed by atoms with E-state index in [1.807, 2.05) is 49.4 Å². The fraction of sp³-hybridized carbons (Fsp3) is 0.238. The SMILES string of the molecule is Cc1ccccc1/C=C1\N=C(c2ccc(C(C)(C)C)cc2)NC1=O. The average molecular weight is 318 g/mol. The van der Waals surface area contributed by atoms with Gasteiger partial charge in [0.25, 0.3) is 5.91 Å². The fourth-order valence-electron chi connectivity index (χ4n) is 2.63. The number of benzene rings is 2. The largest absolute Gasteiger partial charge is 0.305 e. The summed E-state index contributed by atoms with van der Waals surface area (Å²) in [6.45, 7) is 8.56. The van der Waals surface area contributed by atoms with Gasteiger partial charge >= 0.3 is 0 Å². The maximum absolute atomic E-state index is 12.2. The van der Waals surface area contributed by atoms with Gasteiger partial charge in [-0.2, -0.15) is 0 Å². The maximum atomic E-state index is 12.2. The number of aryl methyl sites for hydroxylation is 1. The van der Waals surface area contributed by atoms with E-state index in [2.05, 4.69) is 43.2 Å². The minimum absolute atomic E-state index is 0.106. The zero-order valence-corrected chi connectivity index (χ0v) is 14.6. The second kappa shape index (κ2) is 6.08. The van der Waals surface area contributed by atoms with E-state index in [1.165, 1.54) is 5.56 Å². The lowest BCUT2D eigenvalue weighted by atomic mass is 9.86. The lowest BCUT2D eigenvalue weighted by Crippen LogP contribution is -2.24. The van der Waals surface area contributed by atoms with Crippen molar-refractivity contribution < 1.29 is 4.79 Å². The van der Waals surface area contributed by atoms with Gasteiger partial charge in [0, 0.05) is 5.56 Å². The zero-order chi connectivity index (χ0) is 17.3. The van der Waals surface area contributed by atoms with Crippen LogP contribution in [0.15, 0.2) is 59.2 Å². The maximum Gasteiger partial charge on any atom is 0.275 e. The molecule has 24 heavy (non-hydrogen) atoms. The molecule has 1 heterocycles. The van der Waals surface area contributed by atoms with Crippen LogP contribution in [0.1, 0.15) is 43.0 Å². The second-order valence-corrected chi connectivity index (χ2v) is 7.13. The summed E-state index contributed by atoms with van der Waals surface area (Å²) in [5, 5.41) is 2.86. The van der Waals surface area contributed by atoms with Gasteiger partial charge in [0.15, 0.2) is 0 Å². The summed E-state index contributed by atoms with van der Waals surface area (Å²) in [7, 11) is 0. The molecule has 3 rings (SSSR count). The van der Waals surface area contributed by atoms with E-state index in [4.69, 9.17) is 0 Å². The molecule has 0 atom stereocenters. The number of aliphatic imine (C=N–C) groups is 1. The van der Waals surface area contributed by atoms with Gasteiger partial charge in [-0.3, -0.25) is 4.79 Å². The molecule has 1 aliphatic heterocycles. The highest BCUT2D eigenvalue weighted by Gasteiger charge is 2.22. The highest BCUT2D eigenvalue weighted by molar-refractivity contribution is 6.19. The standard InChI is InChI=1S/C21H22N2O/c1-14-7-5-6-8-16(14)13-18-20(24)23-19(22-18)15-9-11-17(12-10-15)21(2,3)4/h5-13H,1-4H3,(H,22,23,24)/b18-13-. The Balaban J connectivity index is 1.91. The molecule has 0 bridgehead atoms. The Labute approximate surface area is 143 Å². The van der Waals surface area contributed by atoms with Gasteiger partial charge in [0.2, 0.25) is 0 Å². The summed E-state index contributed by atoms with van der Waals surface area (Å²) in [6.07, 6.45) is 1.83. The molecule has 0 aromatic heterocycles. The molecule has 1 N–H and O–H groups in total. The highest BCUT2D eigenvalue weighted by Crippen LogP contribution is 2.23. The number of amides is 1. The van der Waals surface area contributed by atoms with E-state index in [1.54, 1.807) is 0 Å². The smallest absolute Gasteiger partial charge is 0.275 e. The first-order valence-corrected chi connectivity index (χ1v) is 8.13. The second-order valence-electron chi connectivity index (χ2n) is 7.13. The van der Waals surface area contributed by atoms with Crippen LogP contribution in [0.3, 0.4) is 0 Å². The van der Waals surface area contributed by atoms with Crippen LogP contribution in [0.4, 0.5) is 0 Å². The first-order valence-electron chi connectivity index (χ1n) is 8.13. The predicted octanol–water partition coefficient (Wildman–Crippen LogP) is 4.21. The Bertz CT molecular complexity index is 837. The Kier molecular flexibility index (Phi) is 4.10. The minimum Gasteiger partial charge on any atom is -0.305 e. The fourth-order valence-corrected chi connectivity index (χ4v) is 2.63. The Hall–Kier alpha value is -2.68. The highest BCUT2D eigenvalue weighted by atomic mass is 16.2. The summed E-state index contributed by atoms with van der Waals surface area (Å²) in [4.78, 5) is 16.7. The topological polar surface area (TPSA) is 41.5 Å². The van der Waals surface area contributed by atoms with Crippen molar-refractivity contribution in [3.8, 4) is 0 Å². The van der Waals surface area contributed by atoms with Crippen molar-refractivity contribution >= 4 is 17.8 Å². The molecule has 0 saturated heterocycles. The molecule has 1 aliphatic rings. The van der Waals surface area contributed by atoms with Crippen LogP contribution in [0.2, 0.25) is 0 Å². The van der Waals surface area contributed by atoms with Gasteiger partial charge in [0.1, 0.15) is 11.5 Å². The van der Waals surface area contributed by atoms with Crippen molar-refractivity contribution in [2.24, 2.45) is 4.99 Å². The number of carbonyl (C=O) groups is 1. The summed E-state index contributed by atoms with van der Waals surface area (Å²) < 4.78 is 0. The van der Waals surface area contributed by atoms with Crippen LogP contribution >= 0.6 is 0 Å². The van der Waals surface area contributed by atoms with Crippen LogP contribution < -0.4 is 5.32 Å². The van der Waals surface area contributed by atoms with Crippen molar-refractivity contribution in [1.29, 1.82) is 0 Å². The number of hydrogen-bond acceptors (Lipinski definition) is 2. The van der Waals surface area contributed by atoms with E-state index in [9.17, 15) is 4.79 Å². The van der Waals surface area contributed by atoms with E-state index in [0.29, 0.717) is 11.5 Å². The van der Waals surface area contributed by atoms with Gasteiger partial charge in [-0.25, -0.2) is 4.99 Å². The molecule has 122 valence electrons. The number of nitrogens with one attached hydrogen (secondary N) is 1. The quantitative estimate of drug-likeness (QED) is 0.828. The van der Waals surface area contributed by atoms with Gasteiger partial charge in [-0.15, -0.1) is 0 Å². The van der Waals surface area contributed by atoms with Crippen LogP contribution in [-0.4, -0.2) is 11.7 Å². The van der Waals surface area contributed by atoms with Gasteiger partial charge in [0.05, 0.1) is 0 Å². The summed E-state index contributed by atoms with van der Waals surface area (Å²) in [5.74, 6) is 0.452. The summed E-state index contributed by atoms with van der Waals surface area (Å²) in [6, 6.07) is 16.2. The van der Waals surface area contributed by atoms with Crippen molar-refractivity contribution in [2.45, 2.75) is 33.1 Å². The Morgan fingerprint density at radius 2 is 1.67 bits per heavy atom. The first-order chi connectivity index (χ1) is 11.3. The average Bonchev–Trinajstić information content (AvgIpc) is 2.90. The molecule has 0 radical (unpaired) electrons. The lowest BCUT2D eigenvalue weighted by molar-refractivity contribution is -0.115. The molecule has 1 amide bonds. The molecule has 2 aromatic rings. The number of rotatable bonds is 2. The van der Waals surface area contributed by atoms with Crippen LogP contribution in [-0.2, 0) is 10.2 Å². The number of amidine groups is 1. The molecular formula is C21H22N2O. The summed E-state index contributed by atoms with van der Waals surface area (Å²) in [5.41, 5.74) is 4.86. The molecule has 0 fully saturated rings. The summed E-state index contributed by atoms with van der Waals surface area (Å²) >= 11 is 0. The Morgan fingerprint density at radius 3 is 2.29 bits per heavy atom. The third-order valence-corrected chi connectivity index (χ3v) is 4.20. The van der Waals surface area contributed by atoms with E-state index in [0.717, 1.165) is 16.7 Å².